The summed E-state index contributed by atoms with van der Waals surface area (Å²) in [7, 11) is 0. The normalized spacial score (nSPS) is 12.3. The van der Waals surface area contributed by atoms with E-state index in [1.54, 1.807) is 30.7 Å². The summed E-state index contributed by atoms with van der Waals surface area (Å²) in [5.74, 6) is 0.120. The van der Waals surface area contributed by atoms with E-state index < -0.39 is 4.92 Å². The first-order valence-corrected chi connectivity index (χ1v) is 13.4. The van der Waals surface area contributed by atoms with Crippen molar-refractivity contribution in [3.63, 3.8) is 0 Å². The summed E-state index contributed by atoms with van der Waals surface area (Å²) in [6.07, 6.45) is 6.17. The van der Waals surface area contributed by atoms with Gasteiger partial charge in [0.25, 0.3) is 5.69 Å². The number of aromatic nitrogens is 2. The van der Waals surface area contributed by atoms with E-state index in [2.05, 4.69) is 53.1 Å². The summed E-state index contributed by atoms with van der Waals surface area (Å²) in [6, 6.07) is 16.4. The second kappa shape index (κ2) is 14.8. The number of amides is 1. The lowest BCUT2D eigenvalue weighted by Gasteiger charge is -2.33. The highest BCUT2D eigenvalue weighted by Crippen LogP contribution is 2.16. The lowest BCUT2D eigenvalue weighted by molar-refractivity contribution is -0.384. The molecule has 1 amide bonds. The molecular formula is C29H36N6O3S. The van der Waals surface area contributed by atoms with Gasteiger partial charge in [-0.2, -0.15) is 0 Å². The minimum atomic E-state index is -0.423. The van der Waals surface area contributed by atoms with Gasteiger partial charge >= 0.3 is 0 Å². The maximum atomic E-state index is 13.2. The fourth-order valence-electron chi connectivity index (χ4n) is 4.16. The number of nitro benzene ring substituents is 1. The molecule has 1 aromatic heterocycles. The Bertz CT molecular complexity index is 1250. The molecule has 3 aromatic rings. The summed E-state index contributed by atoms with van der Waals surface area (Å²) in [5.41, 5.74) is 2.82. The van der Waals surface area contributed by atoms with Gasteiger partial charge in [-0.25, -0.2) is 4.98 Å². The van der Waals surface area contributed by atoms with Crippen molar-refractivity contribution in [2.24, 2.45) is 5.92 Å². The van der Waals surface area contributed by atoms with Crippen molar-refractivity contribution in [1.29, 1.82) is 0 Å². The van der Waals surface area contributed by atoms with Crippen LogP contribution in [0.2, 0.25) is 0 Å². The summed E-state index contributed by atoms with van der Waals surface area (Å²) in [6.45, 7) is 10.2. The molecule has 3 rings (SSSR count). The lowest BCUT2D eigenvalue weighted by Crippen LogP contribution is -2.51. The first-order valence-electron chi connectivity index (χ1n) is 13.0. The molecule has 0 fully saturated rings. The number of benzene rings is 2. The van der Waals surface area contributed by atoms with Gasteiger partial charge in [0, 0.05) is 56.2 Å². The van der Waals surface area contributed by atoms with Gasteiger partial charge in [-0.1, -0.05) is 68.8 Å². The van der Waals surface area contributed by atoms with Crippen molar-refractivity contribution in [2.75, 3.05) is 13.1 Å². The molecule has 1 heterocycles. The predicted molar refractivity (Wildman–Crippen MR) is 157 cm³/mol. The Kier molecular flexibility index (Phi) is 11.2. The third-order valence-electron chi connectivity index (χ3n) is 6.64. The molecule has 10 heteroatoms. The van der Waals surface area contributed by atoms with E-state index in [0.29, 0.717) is 31.3 Å². The van der Waals surface area contributed by atoms with Crippen LogP contribution < -0.4 is 10.6 Å². The largest absolute Gasteiger partial charge is 0.359 e. The molecule has 0 aliphatic rings. The van der Waals surface area contributed by atoms with Gasteiger partial charge in [-0.3, -0.25) is 14.9 Å². The topological polar surface area (TPSA) is 105 Å². The summed E-state index contributed by atoms with van der Waals surface area (Å²) in [5, 5.41) is 18.0. The number of non-ortho nitro benzene ring substituents is 1. The number of carbonyl (C=O) groups is 1. The van der Waals surface area contributed by atoms with Crippen molar-refractivity contribution in [1.82, 2.24) is 25.1 Å². The predicted octanol–water partition coefficient (Wildman–Crippen LogP) is 4.48. The van der Waals surface area contributed by atoms with Gasteiger partial charge in [0.05, 0.1) is 17.7 Å². The number of nitrogens with one attached hydrogen (secondary N) is 2. The number of hydrogen-bond donors (Lipinski definition) is 2. The number of nitrogens with zero attached hydrogens (tertiary/aromatic N) is 4. The van der Waals surface area contributed by atoms with E-state index in [1.807, 2.05) is 22.8 Å². The third-order valence-corrected chi connectivity index (χ3v) is 7.04. The molecule has 0 bridgehead atoms. The molecular weight excluding hydrogens is 512 g/mol. The van der Waals surface area contributed by atoms with Gasteiger partial charge < -0.3 is 20.1 Å². The summed E-state index contributed by atoms with van der Waals surface area (Å²) >= 11 is 5.70. The Morgan fingerprint density at radius 2 is 1.92 bits per heavy atom. The Labute approximate surface area is 235 Å². The van der Waals surface area contributed by atoms with Crippen LogP contribution in [0, 0.1) is 16.0 Å². The second-order valence-corrected chi connectivity index (χ2v) is 9.90. The van der Waals surface area contributed by atoms with Gasteiger partial charge in [-0.15, -0.1) is 6.58 Å². The Morgan fingerprint density at radius 3 is 2.56 bits per heavy atom. The van der Waals surface area contributed by atoms with E-state index in [1.165, 1.54) is 12.1 Å². The van der Waals surface area contributed by atoms with Crippen LogP contribution in [-0.2, 0) is 24.3 Å². The van der Waals surface area contributed by atoms with Crippen LogP contribution in [-0.4, -0.2) is 49.5 Å². The Hall–Kier alpha value is -4.05. The maximum absolute atomic E-state index is 13.2. The van der Waals surface area contributed by atoms with Crippen LogP contribution in [0.3, 0.4) is 0 Å². The van der Waals surface area contributed by atoms with Crippen LogP contribution in [0.4, 0.5) is 5.69 Å². The monoisotopic (exact) mass is 548 g/mol. The van der Waals surface area contributed by atoms with Crippen molar-refractivity contribution < 1.29 is 9.72 Å². The fraction of sp³-hybridized carbons (Fsp3) is 0.345. The molecule has 9 nitrogen and oxygen atoms in total. The minimum absolute atomic E-state index is 0.0422. The second-order valence-electron chi connectivity index (χ2n) is 9.51. The van der Waals surface area contributed by atoms with Crippen LogP contribution in [0.15, 0.2) is 79.8 Å². The maximum Gasteiger partial charge on any atom is 0.269 e. The number of imidazole rings is 1. The molecule has 0 aliphatic carbocycles. The molecule has 0 saturated heterocycles. The average Bonchev–Trinajstić information content (AvgIpc) is 3.37. The van der Waals surface area contributed by atoms with Crippen LogP contribution in [0.1, 0.15) is 37.1 Å². The molecule has 2 aromatic carbocycles. The molecule has 2 N–H and O–H groups in total. The Morgan fingerprint density at radius 1 is 1.21 bits per heavy atom. The summed E-state index contributed by atoms with van der Waals surface area (Å²) < 4.78 is 1.88. The molecule has 0 radical (unpaired) electrons. The third kappa shape index (κ3) is 9.03. The zero-order valence-electron chi connectivity index (χ0n) is 22.5. The quantitative estimate of drug-likeness (QED) is 0.132. The van der Waals surface area contributed by atoms with Crippen LogP contribution in [0.25, 0.3) is 0 Å². The molecule has 206 valence electrons. The number of carbonyl (C=O) groups excluding carboxylic acids is 1. The van der Waals surface area contributed by atoms with Crippen molar-refractivity contribution in [3.05, 3.63) is 107 Å². The highest BCUT2D eigenvalue weighted by Gasteiger charge is 2.24. The first kappa shape index (κ1) is 29.5. The fourth-order valence-corrected chi connectivity index (χ4v) is 4.39. The summed E-state index contributed by atoms with van der Waals surface area (Å²) in [4.78, 5) is 30.1. The van der Waals surface area contributed by atoms with Crippen LogP contribution >= 0.6 is 12.2 Å². The number of rotatable bonds is 14. The van der Waals surface area contributed by atoms with E-state index in [0.717, 1.165) is 23.2 Å². The van der Waals surface area contributed by atoms with Crippen LogP contribution in [0.5, 0.6) is 0 Å². The van der Waals surface area contributed by atoms with Gasteiger partial charge in [0.2, 0.25) is 5.91 Å². The first-order chi connectivity index (χ1) is 18.8. The van der Waals surface area contributed by atoms with Gasteiger partial charge in [-0.05, 0) is 29.3 Å². The number of hydrogen-bond acceptors (Lipinski definition) is 5. The van der Waals surface area contributed by atoms with Crippen molar-refractivity contribution >= 4 is 28.9 Å². The van der Waals surface area contributed by atoms with E-state index >= 15 is 0 Å². The molecule has 0 aliphatic heterocycles. The average molecular weight is 549 g/mol. The van der Waals surface area contributed by atoms with Gasteiger partial charge in [0.15, 0.2) is 5.11 Å². The zero-order valence-corrected chi connectivity index (χ0v) is 23.3. The minimum Gasteiger partial charge on any atom is -0.359 e. The molecule has 2 atom stereocenters. The molecule has 39 heavy (non-hydrogen) atoms. The molecule has 0 unspecified atom stereocenters. The van der Waals surface area contributed by atoms with E-state index in [4.69, 9.17) is 12.2 Å². The van der Waals surface area contributed by atoms with E-state index in [-0.39, 0.29) is 30.0 Å². The highest BCUT2D eigenvalue weighted by molar-refractivity contribution is 7.80. The zero-order chi connectivity index (χ0) is 28.2. The van der Waals surface area contributed by atoms with E-state index in [9.17, 15) is 14.9 Å². The Balaban J connectivity index is 1.69. The SMILES string of the molecule is C=CCNC(=S)N(Cc1ccccc1)C[C@@H](NC(=O)Cc1cncn1Cc1ccc([N+](=O)[O-])cc1)[C@@H](C)CC. The lowest BCUT2D eigenvalue weighted by atomic mass is 9.98. The number of thiocarbonyl (C=S) groups is 1. The highest BCUT2D eigenvalue weighted by atomic mass is 32.1. The van der Waals surface area contributed by atoms with Crippen molar-refractivity contribution in [2.45, 2.75) is 45.8 Å². The molecule has 0 saturated carbocycles. The standard InChI is InChI=1S/C29H36N6O3S/c1-4-15-31-29(39)33(18-23-9-7-6-8-10-23)20-27(22(3)5-2)32-28(36)16-26-17-30-21-34(26)19-24-11-13-25(14-12-24)35(37)38/h4,6-14,17,21-22,27H,1,5,15-16,18-20H2,2-3H3,(H,31,39)(H,32,36)/t22-,27+/m0/s1. The van der Waals surface area contributed by atoms with Crippen molar-refractivity contribution in [3.8, 4) is 0 Å². The molecule has 0 spiro atoms. The smallest absolute Gasteiger partial charge is 0.269 e. The number of nitro groups is 1. The van der Waals surface area contributed by atoms with Gasteiger partial charge in [0.1, 0.15) is 0 Å².